The van der Waals surface area contributed by atoms with Gasteiger partial charge in [-0.25, -0.2) is 0 Å². The van der Waals surface area contributed by atoms with Gasteiger partial charge in [0.05, 0.1) is 18.4 Å². The zero-order chi connectivity index (χ0) is 22.5. The molecule has 1 heterocycles. The highest BCUT2D eigenvalue weighted by Crippen LogP contribution is 2.33. The zero-order valence-corrected chi connectivity index (χ0v) is 19.7. The van der Waals surface area contributed by atoms with Crippen molar-refractivity contribution in [2.75, 3.05) is 13.7 Å². The molecule has 1 aliphatic heterocycles. The zero-order valence-electron chi connectivity index (χ0n) is 18.1. The standard InChI is InChI=1S/C24H25NO4S2/c1-15-11-17(3)19(12-16(15)2)14-29-20-7-5-18(6-8-20)13-21-23(27)25(24(30)31-21)10-9-22(26)28-4/h5-8,11-13H,9-10,14H2,1-4H3/b21-13+. The summed E-state index contributed by atoms with van der Waals surface area (Å²) in [7, 11) is 1.32. The average Bonchev–Trinajstić information content (AvgIpc) is 3.01. The molecule has 1 amide bonds. The maximum atomic E-state index is 12.6. The Morgan fingerprint density at radius 2 is 1.77 bits per heavy atom. The quantitative estimate of drug-likeness (QED) is 0.334. The van der Waals surface area contributed by atoms with Crippen LogP contribution in [-0.4, -0.2) is 34.8 Å². The summed E-state index contributed by atoms with van der Waals surface area (Å²) >= 11 is 6.52. The van der Waals surface area contributed by atoms with Gasteiger partial charge in [0.15, 0.2) is 0 Å². The number of carbonyl (C=O) groups is 2. The van der Waals surface area contributed by atoms with Gasteiger partial charge in [0.2, 0.25) is 0 Å². The summed E-state index contributed by atoms with van der Waals surface area (Å²) in [5.41, 5.74) is 5.80. The summed E-state index contributed by atoms with van der Waals surface area (Å²) < 4.78 is 11.0. The van der Waals surface area contributed by atoms with Crippen LogP contribution < -0.4 is 4.74 Å². The van der Waals surface area contributed by atoms with Gasteiger partial charge in [-0.3, -0.25) is 14.5 Å². The Labute approximate surface area is 192 Å². The van der Waals surface area contributed by atoms with Crippen LogP contribution in [0.2, 0.25) is 0 Å². The molecule has 1 aliphatic rings. The summed E-state index contributed by atoms with van der Waals surface area (Å²) in [5.74, 6) is 0.203. The second kappa shape index (κ2) is 10.1. The Bertz CT molecular complexity index is 1040. The third kappa shape index (κ3) is 5.74. The van der Waals surface area contributed by atoms with E-state index >= 15 is 0 Å². The summed E-state index contributed by atoms with van der Waals surface area (Å²) in [6.07, 6.45) is 1.91. The predicted molar refractivity (Wildman–Crippen MR) is 128 cm³/mol. The van der Waals surface area contributed by atoms with E-state index in [1.54, 1.807) is 6.08 Å². The van der Waals surface area contributed by atoms with E-state index in [1.807, 2.05) is 24.3 Å². The monoisotopic (exact) mass is 455 g/mol. The lowest BCUT2D eigenvalue weighted by molar-refractivity contribution is -0.140. The highest BCUT2D eigenvalue weighted by molar-refractivity contribution is 8.26. The number of methoxy groups -OCH3 is 1. The van der Waals surface area contributed by atoms with E-state index < -0.39 is 0 Å². The van der Waals surface area contributed by atoms with E-state index in [2.05, 4.69) is 37.6 Å². The minimum absolute atomic E-state index is 0.113. The van der Waals surface area contributed by atoms with E-state index in [0.717, 1.165) is 11.3 Å². The van der Waals surface area contributed by atoms with Crippen LogP contribution in [0.1, 0.15) is 34.2 Å². The molecule has 3 rings (SSSR count). The van der Waals surface area contributed by atoms with Crippen LogP contribution in [0, 0.1) is 20.8 Å². The number of carbonyl (C=O) groups excluding carboxylic acids is 2. The molecule has 0 saturated carbocycles. The van der Waals surface area contributed by atoms with Gasteiger partial charge >= 0.3 is 5.97 Å². The average molecular weight is 456 g/mol. The molecule has 0 bridgehead atoms. The molecule has 7 heteroatoms. The molecule has 162 valence electrons. The molecular formula is C24H25NO4S2. The summed E-state index contributed by atoms with van der Waals surface area (Å²) in [6, 6.07) is 11.9. The number of rotatable bonds is 7. The first-order valence-electron chi connectivity index (χ1n) is 9.90. The maximum Gasteiger partial charge on any atom is 0.307 e. The van der Waals surface area contributed by atoms with Crippen molar-refractivity contribution in [3.8, 4) is 5.75 Å². The Kier molecular flexibility index (Phi) is 7.51. The molecule has 31 heavy (non-hydrogen) atoms. The van der Waals surface area contributed by atoms with E-state index in [1.165, 1.54) is 46.0 Å². The maximum absolute atomic E-state index is 12.6. The van der Waals surface area contributed by atoms with Crippen molar-refractivity contribution in [1.82, 2.24) is 4.90 Å². The van der Waals surface area contributed by atoms with E-state index in [4.69, 9.17) is 17.0 Å². The third-order valence-electron chi connectivity index (χ3n) is 5.17. The van der Waals surface area contributed by atoms with Gasteiger partial charge in [0, 0.05) is 6.54 Å². The molecule has 0 aliphatic carbocycles. The van der Waals surface area contributed by atoms with Crippen LogP contribution in [0.3, 0.4) is 0 Å². The molecule has 0 radical (unpaired) electrons. The van der Waals surface area contributed by atoms with Crippen molar-refractivity contribution in [2.45, 2.75) is 33.8 Å². The SMILES string of the molecule is COC(=O)CCN1C(=O)/C(=C\c2ccc(OCc3cc(C)c(C)cc3C)cc2)SC1=S. The Morgan fingerprint density at radius 1 is 1.10 bits per heavy atom. The highest BCUT2D eigenvalue weighted by Gasteiger charge is 2.32. The highest BCUT2D eigenvalue weighted by atomic mass is 32.2. The largest absolute Gasteiger partial charge is 0.489 e. The minimum Gasteiger partial charge on any atom is -0.489 e. The van der Waals surface area contributed by atoms with Gasteiger partial charge < -0.3 is 9.47 Å². The first-order valence-corrected chi connectivity index (χ1v) is 11.1. The molecule has 0 spiro atoms. The minimum atomic E-state index is -0.371. The van der Waals surface area contributed by atoms with Gasteiger partial charge in [-0.2, -0.15) is 0 Å². The van der Waals surface area contributed by atoms with Gasteiger partial charge in [-0.15, -0.1) is 0 Å². The number of amides is 1. The number of esters is 1. The smallest absolute Gasteiger partial charge is 0.307 e. The Hall–Kier alpha value is -2.64. The number of aryl methyl sites for hydroxylation is 3. The molecule has 0 aromatic heterocycles. The lowest BCUT2D eigenvalue weighted by atomic mass is 10.0. The normalized spacial score (nSPS) is 15.0. The summed E-state index contributed by atoms with van der Waals surface area (Å²) in [5, 5.41) is 0. The number of hydrogen-bond donors (Lipinski definition) is 0. The molecule has 1 fully saturated rings. The summed E-state index contributed by atoms with van der Waals surface area (Å²) in [4.78, 5) is 25.9. The Morgan fingerprint density at radius 3 is 2.45 bits per heavy atom. The van der Waals surface area contributed by atoms with Crippen LogP contribution in [0.15, 0.2) is 41.3 Å². The molecule has 2 aromatic carbocycles. The van der Waals surface area contributed by atoms with Crippen LogP contribution >= 0.6 is 24.0 Å². The molecule has 0 N–H and O–H groups in total. The van der Waals surface area contributed by atoms with E-state index in [-0.39, 0.29) is 24.8 Å². The lowest BCUT2D eigenvalue weighted by Crippen LogP contribution is -2.30. The fraction of sp³-hybridized carbons (Fsp3) is 0.292. The number of hydrogen-bond acceptors (Lipinski definition) is 6. The van der Waals surface area contributed by atoms with Crippen LogP contribution in [0.4, 0.5) is 0 Å². The van der Waals surface area contributed by atoms with Crippen LogP contribution in [0.5, 0.6) is 5.75 Å². The molecular weight excluding hydrogens is 430 g/mol. The van der Waals surface area contributed by atoms with Gasteiger partial charge in [-0.05, 0) is 66.8 Å². The fourth-order valence-corrected chi connectivity index (χ4v) is 4.46. The van der Waals surface area contributed by atoms with Crippen molar-refractivity contribution in [2.24, 2.45) is 0 Å². The number of benzene rings is 2. The van der Waals surface area contributed by atoms with Crippen molar-refractivity contribution in [1.29, 1.82) is 0 Å². The predicted octanol–water partition coefficient (Wildman–Crippen LogP) is 4.96. The van der Waals surface area contributed by atoms with Crippen molar-refractivity contribution in [3.05, 3.63) is 69.1 Å². The van der Waals surface area contributed by atoms with Crippen LogP contribution in [0.25, 0.3) is 6.08 Å². The third-order valence-corrected chi connectivity index (χ3v) is 6.54. The molecule has 0 atom stereocenters. The molecule has 5 nitrogen and oxygen atoms in total. The van der Waals surface area contributed by atoms with Gasteiger partial charge in [-0.1, -0.05) is 48.2 Å². The first kappa shape index (κ1) is 23.0. The second-order valence-corrected chi connectivity index (χ2v) is 9.06. The molecule has 2 aromatic rings. The number of thiocarbonyl (C=S) groups is 1. The number of thioether (sulfide) groups is 1. The fourth-order valence-electron chi connectivity index (χ4n) is 3.15. The molecule has 1 saturated heterocycles. The van der Waals surface area contributed by atoms with Crippen molar-refractivity contribution >= 4 is 46.3 Å². The first-order chi connectivity index (χ1) is 14.8. The van der Waals surface area contributed by atoms with Crippen molar-refractivity contribution in [3.63, 3.8) is 0 Å². The molecule has 0 unspecified atom stereocenters. The van der Waals surface area contributed by atoms with Gasteiger partial charge in [0.1, 0.15) is 16.7 Å². The number of ether oxygens (including phenoxy) is 2. The van der Waals surface area contributed by atoms with E-state index in [9.17, 15) is 9.59 Å². The summed E-state index contributed by atoms with van der Waals surface area (Å²) in [6.45, 7) is 7.03. The Balaban J connectivity index is 1.63. The topological polar surface area (TPSA) is 55.8 Å². The lowest BCUT2D eigenvalue weighted by Gasteiger charge is -2.13. The second-order valence-electron chi connectivity index (χ2n) is 7.38. The van der Waals surface area contributed by atoms with Crippen molar-refractivity contribution < 1.29 is 19.1 Å². The van der Waals surface area contributed by atoms with E-state index in [0.29, 0.717) is 15.8 Å². The van der Waals surface area contributed by atoms with Crippen LogP contribution in [-0.2, 0) is 20.9 Å². The van der Waals surface area contributed by atoms with Gasteiger partial charge in [0.25, 0.3) is 5.91 Å². The number of nitrogens with zero attached hydrogens (tertiary/aromatic N) is 1.